The van der Waals surface area contributed by atoms with E-state index in [1.807, 2.05) is 60.8 Å². The van der Waals surface area contributed by atoms with Gasteiger partial charge in [-0.2, -0.15) is 5.10 Å². The lowest BCUT2D eigenvalue weighted by atomic mass is 10.1. The maximum absolute atomic E-state index is 5.72. The number of aromatic amines is 1. The number of H-pyrrole nitrogens is 1. The molecule has 21 heavy (non-hydrogen) atoms. The second-order valence-electron chi connectivity index (χ2n) is 4.68. The van der Waals surface area contributed by atoms with Crippen LogP contribution in [0, 0.1) is 0 Å². The Kier molecular flexibility index (Phi) is 2.67. The Morgan fingerprint density at radius 2 is 1.81 bits per heavy atom. The Bertz CT molecular complexity index is 830. The van der Waals surface area contributed by atoms with Crippen molar-refractivity contribution in [1.82, 2.24) is 20.1 Å². The van der Waals surface area contributed by atoms with Gasteiger partial charge < -0.3 is 4.84 Å². The molecule has 5 nitrogen and oxygen atoms in total. The number of nitrogens with one attached hydrogen (secondary N) is 1. The van der Waals surface area contributed by atoms with E-state index in [1.165, 1.54) is 4.85 Å². The summed E-state index contributed by atoms with van der Waals surface area (Å²) in [6.45, 7) is 0. The number of hydrogen-bond donors (Lipinski definition) is 1. The van der Waals surface area contributed by atoms with Gasteiger partial charge in [0, 0.05) is 11.6 Å². The Morgan fingerprint density at radius 1 is 0.952 bits per heavy atom. The first-order chi connectivity index (χ1) is 10.4. The highest BCUT2D eigenvalue weighted by Gasteiger charge is 2.03. The molecule has 5 heteroatoms. The smallest absolute Gasteiger partial charge is 0.157 e. The predicted molar refractivity (Wildman–Crippen MR) is 79.8 cm³/mol. The largest absolute Gasteiger partial charge is 0.358 e. The van der Waals surface area contributed by atoms with Gasteiger partial charge in [0.15, 0.2) is 5.75 Å². The number of hydrogen-bond acceptors (Lipinski definition) is 3. The van der Waals surface area contributed by atoms with E-state index in [-0.39, 0.29) is 0 Å². The molecule has 4 rings (SSSR count). The molecule has 102 valence electrons. The molecule has 0 saturated heterocycles. The Balaban J connectivity index is 1.59. The highest BCUT2D eigenvalue weighted by Crippen LogP contribution is 2.21. The van der Waals surface area contributed by atoms with E-state index in [2.05, 4.69) is 15.3 Å². The van der Waals surface area contributed by atoms with Crippen LogP contribution in [0.5, 0.6) is 5.75 Å². The summed E-state index contributed by atoms with van der Waals surface area (Å²) in [5, 5.41) is 12.3. The predicted octanol–water partition coefficient (Wildman–Crippen LogP) is 3.27. The van der Waals surface area contributed by atoms with Crippen LogP contribution < -0.4 is 4.84 Å². The molecule has 0 aliphatic heterocycles. The SMILES string of the molecule is c1ccc2nn(Oc3ccc(-c4ccn[nH]4)cc3)cc2c1. The average Bonchev–Trinajstić information content (AvgIpc) is 3.17. The second-order valence-corrected chi connectivity index (χ2v) is 4.68. The summed E-state index contributed by atoms with van der Waals surface area (Å²) in [7, 11) is 0. The zero-order valence-corrected chi connectivity index (χ0v) is 11.1. The molecule has 0 amide bonds. The molecular formula is C16H12N4O. The third-order valence-electron chi connectivity index (χ3n) is 3.26. The standard InChI is InChI=1S/C16H12N4O/c1-2-4-16-13(3-1)11-20(19-16)21-14-7-5-12(6-8-14)15-9-10-17-18-15/h1-11H,(H,17,18). The van der Waals surface area contributed by atoms with Crippen molar-refractivity contribution in [2.75, 3.05) is 0 Å². The quantitative estimate of drug-likeness (QED) is 0.625. The molecule has 0 unspecified atom stereocenters. The van der Waals surface area contributed by atoms with E-state index >= 15 is 0 Å². The van der Waals surface area contributed by atoms with Gasteiger partial charge in [-0.15, -0.1) is 5.10 Å². The van der Waals surface area contributed by atoms with Crippen molar-refractivity contribution in [3.05, 3.63) is 67.0 Å². The van der Waals surface area contributed by atoms with Crippen LogP contribution in [0.15, 0.2) is 67.0 Å². The van der Waals surface area contributed by atoms with Crippen LogP contribution in [0.2, 0.25) is 0 Å². The molecule has 2 heterocycles. The topological polar surface area (TPSA) is 55.7 Å². The van der Waals surface area contributed by atoms with Crippen LogP contribution in [0.1, 0.15) is 0 Å². The minimum Gasteiger partial charge on any atom is -0.358 e. The van der Waals surface area contributed by atoms with E-state index in [1.54, 1.807) is 6.20 Å². The van der Waals surface area contributed by atoms with Crippen molar-refractivity contribution in [3.63, 3.8) is 0 Å². The van der Waals surface area contributed by atoms with Gasteiger partial charge in [-0.1, -0.05) is 23.0 Å². The van der Waals surface area contributed by atoms with Crippen LogP contribution >= 0.6 is 0 Å². The summed E-state index contributed by atoms with van der Waals surface area (Å²) in [5.41, 5.74) is 2.95. The third-order valence-corrected chi connectivity index (χ3v) is 3.26. The fraction of sp³-hybridized carbons (Fsp3) is 0. The molecule has 0 atom stereocenters. The molecule has 0 fully saturated rings. The molecule has 0 saturated carbocycles. The van der Waals surface area contributed by atoms with Crippen molar-refractivity contribution in [2.45, 2.75) is 0 Å². The van der Waals surface area contributed by atoms with Crippen LogP contribution in [0.3, 0.4) is 0 Å². The summed E-state index contributed by atoms with van der Waals surface area (Å²) >= 11 is 0. The van der Waals surface area contributed by atoms with Gasteiger partial charge in [0.05, 0.1) is 17.4 Å². The monoisotopic (exact) mass is 276 g/mol. The van der Waals surface area contributed by atoms with E-state index in [0.717, 1.165) is 27.9 Å². The molecule has 4 aromatic rings. The van der Waals surface area contributed by atoms with E-state index in [4.69, 9.17) is 4.84 Å². The highest BCUT2D eigenvalue weighted by atomic mass is 16.7. The van der Waals surface area contributed by atoms with Crippen molar-refractivity contribution in [2.24, 2.45) is 0 Å². The van der Waals surface area contributed by atoms with Crippen molar-refractivity contribution >= 4 is 10.9 Å². The Morgan fingerprint density at radius 3 is 2.57 bits per heavy atom. The van der Waals surface area contributed by atoms with E-state index in [0.29, 0.717) is 0 Å². The minimum atomic E-state index is 0.728. The first-order valence-corrected chi connectivity index (χ1v) is 6.61. The summed E-state index contributed by atoms with van der Waals surface area (Å²) in [5.74, 6) is 0.728. The molecule has 2 aromatic heterocycles. The highest BCUT2D eigenvalue weighted by molar-refractivity contribution is 5.77. The molecule has 1 N–H and O–H groups in total. The number of rotatable bonds is 3. The maximum Gasteiger partial charge on any atom is 0.157 e. The zero-order valence-electron chi connectivity index (χ0n) is 11.1. The van der Waals surface area contributed by atoms with Gasteiger partial charge in [-0.05, 0) is 42.0 Å². The minimum absolute atomic E-state index is 0.728. The summed E-state index contributed by atoms with van der Waals surface area (Å²) in [6, 6.07) is 17.6. The summed E-state index contributed by atoms with van der Waals surface area (Å²) in [4.78, 5) is 7.20. The van der Waals surface area contributed by atoms with Crippen LogP contribution in [0.4, 0.5) is 0 Å². The summed E-state index contributed by atoms with van der Waals surface area (Å²) in [6.07, 6.45) is 3.59. The lowest BCUT2D eigenvalue weighted by Gasteiger charge is -2.04. The van der Waals surface area contributed by atoms with Gasteiger partial charge in [0.1, 0.15) is 0 Å². The second kappa shape index (κ2) is 4.79. The Labute approximate surface area is 120 Å². The molecular weight excluding hydrogens is 264 g/mol. The van der Waals surface area contributed by atoms with Crippen LogP contribution in [-0.4, -0.2) is 20.1 Å². The normalized spacial score (nSPS) is 10.9. The fourth-order valence-corrected chi connectivity index (χ4v) is 2.21. The first kappa shape index (κ1) is 11.7. The lowest BCUT2D eigenvalue weighted by Crippen LogP contribution is -2.04. The lowest BCUT2D eigenvalue weighted by molar-refractivity contribution is 0.181. The summed E-state index contributed by atoms with van der Waals surface area (Å²) < 4.78 is 0. The third kappa shape index (κ3) is 2.25. The van der Waals surface area contributed by atoms with Crippen LogP contribution in [-0.2, 0) is 0 Å². The van der Waals surface area contributed by atoms with Gasteiger partial charge in [0.2, 0.25) is 0 Å². The molecule has 0 aliphatic carbocycles. The number of benzene rings is 2. The molecule has 0 spiro atoms. The maximum atomic E-state index is 5.72. The molecule has 0 aliphatic rings. The van der Waals surface area contributed by atoms with Gasteiger partial charge in [-0.25, -0.2) is 0 Å². The zero-order chi connectivity index (χ0) is 14.1. The van der Waals surface area contributed by atoms with Gasteiger partial charge in [-0.3, -0.25) is 5.10 Å². The number of aromatic nitrogens is 4. The number of fused-ring (bicyclic) bond motifs is 1. The first-order valence-electron chi connectivity index (χ1n) is 6.61. The van der Waals surface area contributed by atoms with Crippen molar-refractivity contribution < 1.29 is 4.84 Å². The molecule has 2 aromatic carbocycles. The molecule has 0 radical (unpaired) electrons. The fourth-order valence-electron chi connectivity index (χ4n) is 2.21. The Hall–Kier alpha value is -3.08. The van der Waals surface area contributed by atoms with E-state index < -0.39 is 0 Å². The number of nitrogens with zero attached hydrogens (tertiary/aromatic N) is 3. The van der Waals surface area contributed by atoms with Gasteiger partial charge >= 0.3 is 0 Å². The van der Waals surface area contributed by atoms with Crippen molar-refractivity contribution in [3.8, 4) is 17.0 Å². The van der Waals surface area contributed by atoms with Crippen molar-refractivity contribution in [1.29, 1.82) is 0 Å². The van der Waals surface area contributed by atoms with Crippen LogP contribution in [0.25, 0.3) is 22.2 Å². The molecule has 0 bridgehead atoms. The average molecular weight is 276 g/mol. The van der Waals surface area contributed by atoms with Gasteiger partial charge in [0.25, 0.3) is 0 Å². The van der Waals surface area contributed by atoms with E-state index in [9.17, 15) is 0 Å².